The molecule has 1 aromatic rings. The van der Waals surface area contributed by atoms with E-state index in [-0.39, 0.29) is 18.1 Å². The van der Waals surface area contributed by atoms with Gasteiger partial charge in [-0.2, -0.15) is 0 Å². The maximum absolute atomic E-state index is 12.0. The van der Waals surface area contributed by atoms with Crippen LogP contribution < -0.4 is 9.84 Å². The topological polar surface area (TPSA) is 66.4 Å². The van der Waals surface area contributed by atoms with Crippen molar-refractivity contribution in [2.45, 2.75) is 32.6 Å². The summed E-state index contributed by atoms with van der Waals surface area (Å²) in [6.07, 6.45) is 3.46. The Morgan fingerprint density at radius 1 is 1.33 bits per heavy atom. The largest absolute Gasteiger partial charge is 0.550 e. The molecule has 112 valence electrons. The lowest BCUT2D eigenvalue weighted by atomic mass is 9.83. The van der Waals surface area contributed by atoms with E-state index in [0.717, 1.165) is 23.3 Å². The summed E-state index contributed by atoms with van der Waals surface area (Å²) in [7, 11) is 0. The molecule has 1 aliphatic carbocycles. The number of ketones is 1. The van der Waals surface area contributed by atoms with Gasteiger partial charge in [-0.25, -0.2) is 0 Å². The van der Waals surface area contributed by atoms with Crippen LogP contribution in [0.4, 0.5) is 0 Å². The molecular formula is C17H19O4-. The predicted octanol–water partition coefficient (Wildman–Crippen LogP) is 1.98. The van der Waals surface area contributed by atoms with Crippen molar-refractivity contribution >= 4 is 17.3 Å². The molecule has 0 saturated carbocycles. The molecule has 0 aliphatic heterocycles. The van der Waals surface area contributed by atoms with Crippen LogP contribution in [0.25, 0.3) is 5.57 Å². The Labute approximate surface area is 124 Å². The quantitative estimate of drug-likeness (QED) is 0.802. The first-order valence-corrected chi connectivity index (χ1v) is 7.27. The van der Waals surface area contributed by atoms with Gasteiger partial charge in [0.2, 0.25) is 0 Å². The molecule has 0 amide bonds. The summed E-state index contributed by atoms with van der Waals surface area (Å²) in [5.74, 6) is -0.444. The monoisotopic (exact) mass is 287 g/mol. The van der Waals surface area contributed by atoms with E-state index in [1.165, 1.54) is 0 Å². The molecule has 0 unspecified atom stereocenters. The van der Waals surface area contributed by atoms with Crippen LogP contribution in [0, 0.1) is 5.92 Å². The third-order valence-corrected chi connectivity index (χ3v) is 3.71. The smallest absolute Gasteiger partial charge is 0.159 e. The Kier molecular flexibility index (Phi) is 5.14. The van der Waals surface area contributed by atoms with Crippen molar-refractivity contribution in [3.8, 4) is 5.75 Å². The molecule has 0 spiro atoms. The second-order valence-electron chi connectivity index (χ2n) is 5.18. The zero-order valence-electron chi connectivity index (χ0n) is 12.1. The van der Waals surface area contributed by atoms with E-state index in [4.69, 9.17) is 4.74 Å². The molecule has 0 saturated heterocycles. The van der Waals surface area contributed by atoms with Crippen molar-refractivity contribution in [2.75, 3.05) is 6.61 Å². The molecule has 4 heteroatoms. The van der Waals surface area contributed by atoms with Crippen LogP contribution in [0.5, 0.6) is 5.75 Å². The number of hydrogen-bond donors (Lipinski definition) is 0. The van der Waals surface area contributed by atoms with Gasteiger partial charge in [0.1, 0.15) is 5.75 Å². The summed E-state index contributed by atoms with van der Waals surface area (Å²) in [5.41, 5.74) is 2.03. The number of aliphatic carboxylic acids is 1. The second-order valence-corrected chi connectivity index (χ2v) is 5.18. The zero-order valence-corrected chi connectivity index (χ0v) is 12.1. The fourth-order valence-corrected chi connectivity index (χ4v) is 2.57. The van der Waals surface area contributed by atoms with Crippen molar-refractivity contribution in [2.24, 2.45) is 5.92 Å². The molecular weight excluding hydrogens is 268 g/mol. The maximum Gasteiger partial charge on any atom is 0.159 e. The lowest BCUT2D eigenvalue weighted by Gasteiger charge is -2.21. The van der Waals surface area contributed by atoms with Gasteiger partial charge in [0.05, 0.1) is 6.61 Å². The fraction of sp³-hybridized carbons (Fsp3) is 0.412. The highest BCUT2D eigenvalue weighted by Crippen LogP contribution is 2.31. The minimum absolute atomic E-state index is 0.0198. The Balaban J connectivity index is 2.03. The zero-order chi connectivity index (χ0) is 15.2. The van der Waals surface area contributed by atoms with E-state index < -0.39 is 5.97 Å². The number of benzene rings is 1. The van der Waals surface area contributed by atoms with Crippen molar-refractivity contribution in [1.82, 2.24) is 0 Å². The van der Waals surface area contributed by atoms with Gasteiger partial charge in [0, 0.05) is 11.9 Å². The van der Waals surface area contributed by atoms with E-state index in [9.17, 15) is 14.7 Å². The first kappa shape index (κ1) is 15.3. The van der Waals surface area contributed by atoms with Gasteiger partial charge in [-0.05, 0) is 62.0 Å². The lowest BCUT2D eigenvalue weighted by molar-refractivity contribution is -0.305. The number of carboxylic acids is 1. The second kappa shape index (κ2) is 7.07. The summed E-state index contributed by atoms with van der Waals surface area (Å²) in [6.45, 7) is 2.56. The van der Waals surface area contributed by atoms with Crippen molar-refractivity contribution < 1.29 is 19.4 Å². The molecule has 0 bridgehead atoms. The van der Waals surface area contributed by atoms with Gasteiger partial charge in [0.15, 0.2) is 5.78 Å². The molecule has 2 rings (SSSR count). The van der Waals surface area contributed by atoms with Crippen LogP contribution in [0.1, 0.15) is 38.2 Å². The van der Waals surface area contributed by atoms with E-state index in [0.29, 0.717) is 19.4 Å². The van der Waals surface area contributed by atoms with Crippen LogP contribution in [0.3, 0.4) is 0 Å². The van der Waals surface area contributed by atoms with Crippen LogP contribution in [0.15, 0.2) is 30.3 Å². The number of allylic oxidation sites excluding steroid dienone is 2. The van der Waals surface area contributed by atoms with Crippen LogP contribution in [-0.2, 0) is 9.59 Å². The summed E-state index contributed by atoms with van der Waals surface area (Å²) in [4.78, 5) is 22.5. The van der Waals surface area contributed by atoms with Gasteiger partial charge in [-0.15, -0.1) is 0 Å². The van der Waals surface area contributed by atoms with E-state index >= 15 is 0 Å². The molecule has 21 heavy (non-hydrogen) atoms. The van der Waals surface area contributed by atoms with E-state index in [1.807, 2.05) is 31.2 Å². The molecule has 4 nitrogen and oxygen atoms in total. The van der Waals surface area contributed by atoms with Gasteiger partial charge < -0.3 is 14.6 Å². The van der Waals surface area contributed by atoms with Crippen molar-refractivity contribution in [1.29, 1.82) is 0 Å². The summed E-state index contributed by atoms with van der Waals surface area (Å²) < 4.78 is 5.39. The third-order valence-electron chi connectivity index (χ3n) is 3.71. The number of rotatable bonds is 6. The molecule has 0 fully saturated rings. The third kappa shape index (κ3) is 4.18. The molecule has 0 radical (unpaired) electrons. The average molecular weight is 287 g/mol. The Morgan fingerprint density at radius 3 is 2.62 bits per heavy atom. The highest BCUT2D eigenvalue weighted by atomic mass is 16.5. The Bertz CT molecular complexity index is 542. The van der Waals surface area contributed by atoms with Gasteiger partial charge in [-0.1, -0.05) is 12.1 Å². The number of carbonyl (C=O) groups excluding carboxylic acids is 2. The number of carboxylic acid groups (broad SMARTS) is 1. The molecule has 0 aromatic heterocycles. The standard InChI is InChI=1S/C17H20O4/c1-2-21-15-8-5-12(6-9-15)14-4-3-13(16(18)11-14)7-10-17(19)20/h5-6,8-9,11,13H,2-4,7,10H2,1H3,(H,19,20)/p-1/t13-/m1/s1. The minimum atomic E-state index is -1.09. The fourth-order valence-electron chi connectivity index (χ4n) is 2.57. The van der Waals surface area contributed by atoms with E-state index in [2.05, 4.69) is 0 Å². The molecule has 0 N–H and O–H groups in total. The molecule has 1 aromatic carbocycles. The summed E-state index contributed by atoms with van der Waals surface area (Å²) in [6, 6.07) is 7.69. The number of hydrogen-bond acceptors (Lipinski definition) is 4. The molecule has 1 atom stereocenters. The molecule has 0 heterocycles. The Hall–Kier alpha value is -2.10. The highest BCUT2D eigenvalue weighted by Gasteiger charge is 2.22. The van der Waals surface area contributed by atoms with Gasteiger partial charge in [-0.3, -0.25) is 4.79 Å². The van der Waals surface area contributed by atoms with Crippen LogP contribution in [-0.4, -0.2) is 18.4 Å². The Morgan fingerprint density at radius 2 is 2.05 bits per heavy atom. The minimum Gasteiger partial charge on any atom is -0.550 e. The maximum atomic E-state index is 12.0. The summed E-state index contributed by atoms with van der Waals surface area (Å²) >= 11 is 0. The predicted molar refractivity (Wildman–Crippen MR) is 77.6 cm³/mol. The number of ether oxygens (including phenoxy) is 1. The average Bonchev–Trinajstić information content (AvgIpc) is 2.47. The normalized spacial score (nSPS) is 18.2. The molecule has 1 aliphatic rings. The van der Waals surface area contributed by atoms with Crippen LogP contribution in [0.2, 0.25) is 0 Å². The van der Waals surface area contributed by atoms with Crippen LogP contribution >= 0.6 is 0 Å². The lowest BCUT2D eigenvalue weighted by Crippen LogP contribution is -2.25. The summed E-state index contributed by atoms with van der Waals surface area (Å²) in [5, 5.41) is 10.5. The SMILES string of the molecule is CCOc1ccc(C2=CC(=O)[C@@H](CCC(=O)[O-])CC2)cc1. The van der Waals surface area contributed by atoms with Gasteiger partial charge in [0.25, 0.3) is 0 Å². The van der Waals surface area contributed by atoms with Crippen molar-refractivity contribution in [3.63, 3.8) is 0 Å². The first-order valence-electron chi connectivity index (χ1n) is 7.27. The number of carbonyl (C=O) groups is 2. The van der Waals surface area contributed by atoms with Crippen molar-refractivity contribution in [3.05, 3.63) is 35.9 Å². The first-order chi connectivity index (χ1) is 10.1. The van der Waals surface area contributed by atoms with Gasteiger partial charge >= 0.3 is 0 Å². The van der Waals surface area contributed by atoms with E-state index in [1.54, 1.807) is 6.08 Å². The highest BCUT2D eigenvalue weighted by molar-refractivity contribution is 6.00.